The highest BCUT2D eigenvalue weighted by Crippen LogP contribution is 2.80. The quantitative estimate of drug-likeness (QED) is 0.483. The van der Waals surface area contributed by atoms with E-state index in [1.807, 2.05) is 0 Å². The lowest BCUT2D eigenvalue weighted by molar-refractivity contribution is -0.320. The molecule has 0 aromatic heterocycles. The first-order valence-corrected chi connectivity index (χ1v) is 13.6. The van der Waals surface area contributed by atoms with Gasteiger partial charge in [-0.1, -0.05) is 6.92 Å². The molecule has 1 unspecified atom stereocenters. The number of aliphatic hydroxyl groups is 2. The summed E-state index contributed by atoms with van der Waals surface area (Å²) in [7, 11) is 6.86. The number of ether oxygens (including phenoxy) is 5. The number of likely N-dealkylation sites (N-methyl/N-ethyl adjacent to an activating group) is 1. The summed E-state index contributed by atoms with van der Waals surface area (Å²) < 4.78 is 30.4. The van der Waals surface area contributed by atoms with Crippen LogP contribution in [-0.2, 0) is 28.5 Å². The first kappa shape index (κ1) is 25.5. The van der Waals surface area contributed by atoms with E-state index in [-0.39, 0.29) is 53.8 Å². The highest BCUT2D eigenvalue weighted by atomic mass is 16.6. The van der Waals surface area contributed by atoms with Gasteiger partial charge in [-0.25, -0.2) is 0 Å². The van der Waals surface area contributed by atoms with Crippen molar-refractivity contribution in [3.8, 4) is 0 Å². The van der Waals surface area contributed by atoms with Crippen molar-refractivity contribution in [2.45, 2.75) is 81.2 Å². The third-order valence-corrected chi connectivity index (χ3v) is 11.8. The number of rotatable bonds is 7. The summed E-state index contributed by atoms with van der Waals surface area (Å²) in [5, 5.41) is 26.1. The predicted octanol–water partition coefficient (Wildman–Crippen LogP) is 0.842. The minimum atomic E-state index is -1.71. The molecule has 13 atom stereocenters. The van der Waals surface area contributed by atoms with Gasteiger partial charge >= 0.3 is 5.97 Å². The molecule has 6 rings (SSSR count). The van der Waals surface area contributed by atoms with Crippen molar-refractivity contribution in [1.29, 1.82) is 0 Å². The summed E-state index contributed by atoms with van der Waals surface area (Å²) >= 11 is 0. The van der Waals surface area contributed by atoms with E-state index in [0.717, 1.165) is 25.8 Å². The molecular formula is C27H43NO8. The average Bonchev–Trinajstić information content (AvgIpc) is 3.26. The van der Waals surface area contributed by atoms with Gasteiger partial charge < -0.3 is 33.9 Å². The van der Waals surface area contributed by atoms with Gasteiger partial charge in [0.15, 0.2) is 0 Å². The number of carbonyl (C=O) groups excluding carboxylic acids is 1. The highest BCUT2D eigenvalue weighted by Gasteiger charge is 2.92. The second kappa shape index (κ2) is 8.10. The van der Waals surface area contributed by atoms with E-state index in [2.05, 4.69) is 11.8 Å². The molecule has 0 aromatic carbocycles. The van der Waals surface area contributed by atoms with Crippen LogP contribution in [0.1, 0.15) is 39.5 Å². The van der Waals surface area contributed by atoms with Gasteiger partial charge in [0.1, 0.15) is 17.3 Å². The Balaban J connectivity index is 1.69. The molecule has 9 heteroatoms. The van der Waals surface area contributed by atoms with E-state index in [9.17, 15) is 15.0 Å². The van der Waals surface area contributed by atoms with Crippen molar-refractivity contribution in [1.82, 2.24) is 4.90 Å². The van der Waals surface area contributed by atoms with Crippen LogP contribution in [-0.4, -0.2) is 111 Å². The largest absolute Gasteiger partial charge is 0.459 e. The molecule has 6 aliphatic rings. The predicted molar refractivity (Wildman–Crippen MR) is 128 cm³/mol. The lowest BCUT2D eigenvalue weighted by Gasteiger charge is -2.70. The topological polar surface area (TPSA) is 107 Å². The number of esters is 1. The molecule has 5 aliphatic carbocycles. The van der Waals surface area contributed by atoms with Crippen molar-refractivity contribution in [3.05, 3.63) is 0 Å². The zero-order valence-corrected chi connectivity index (χ0v) is 22.4. The molecular weight excluding hydrogens is 466 g/mol. The Labute approximate surface area is 213 Å². The Hall–Kier alpha value is -0.810. The molecule has 7 bridgehead atoms. The summed E-state index contributed by atoms with van der Waals surface area (Å²) in [5.74, 6) is -0.825. The van der Waals surface area contributed by atoms with E-state index >= 15 is 0 Å². The fourth-order valence-corrected chi connectivity index (χ4v) is 11.3. The number of fused-ring (bicyclic) bond motifs is 2. The van der Waals surface area contributed by atoms with Gasteiger partial charge in [0, 0.05) is 76.9 Å². The molecule has 1 heterocycles. The standard InChI is InChI=1S/C27H43NO8/c1-7-28-12-24(13-32-3)9-8-18(34-5)26-16-10-15-17(33-4)11-25(30,19(16)20(15)35-6)27(31,23(26)28)22(21(24)26)36-14(2)29/h15-23,30-31H,7-13H2,1-6H3/t15-,16-,17+,18?,19-,20+,21-,22+,23+,24+,25-,26+,27+/m1/s1. The summed E-state index contributed by atoms with van der Waals surface area (Å²) in [5.41, 5.74) is -4.12. The number of hydrogen-bond donors (Lipinski definition) is 2. The Kier molecular flexibility index (Phi) is 5.73. The van der Waals surface area contributed by atoms with Crippen LogP contribution < -0.4 is 0 Å². The Morgan fingerprint density at radius 1 is 1.11 bits per heavy atom. The van der Waals surface area contributed by atoms with Crippen LogP contribution in [0.15, 0.2) is 0 Å². The zero-order valence-electron chi connectivity index (χ0n) is 22.4. The molecule has 5 saturated carbocycles. The summed E-state index contributed by atoms with van der Waals surface area (Å²) in [6.07, 6.45) is 1.24. The summed E-state index contributed by atoms with van der Waals surface area (Å²) in [4.78, 5) is 15.0. The van der Waals surface area contributed by atoms with Crippen molar-refractivity contribution in [2.24, 2.45) is 34.5 Å². The first-order chi connectivity index (χ1) is 17.2. The molecule has 36 heavy (non-hydrogen) atoms. The minimum absolute atomic E-state index is 0.0178. The Bertz CT molecular complexity index is 918. The van der Waals surface area contributed by atoms with E-state index in [0.29, 0.717) is 13.2 Å². The maximum absolute atomic E-state index is 13.2. The van der Waals surface area contributed by atoms with E-state index in [1.165, 1.54) is 6.92 Å². The van der Waals surface area contributed by atoms with Crippen LogP contribution in [0.4, 0.5) is 0 Å². The molecule has 9 nitrogen and oxygen atoms in total. The maximum Gasteiger partial charge on any atom is 0.303 e. The van der Waals surface area contributed by atoms with Crippen LogP contribution in [0.25, 0.3) is 0 Å². The van der Waals surface area contributed by atoms with Crippen LogP contribution in [0.5, 0.6) is 0 Å². The van der Waals surface area contributed by atoms with Gasteiger partial charge in [-0.15, -0.1) is 0 Å². The van der Waals surface area contributed by atoms with Crippen molar-refractivity contribution >= 4 is 5.97 Å². The van der Waals surface area contributed by atoms with Crippen LogP contribution >= 0.6 is 0 Å². The number of piperidine rings is 1. The van der Waals surface area contributed by atoms with E-state index in [4.69, 9.17) is 23.7 Å². The fourth-order valence-electron chi connectivity index (χ4n) is 11.3. The normalized spacial score (nSPS) is 56.6. The first-order valence-electron chi connectivity index (χ1n) is 13.6. The van der Waals surface area contributed by atoms with Gasteiger partial charge in [0.05, 0.1) is 31.0 Å². The molecule has 204 valence electrons. The minimum Gasteiger partial charge on any atom is -0.459 e. The van der Waals surface area contributed by atoms with Crippen molar-refractivity contribution in [2.75, 3.05) is 48.1 Å². The highest BCUT2D eigenvalue weighted by molar-refractivity contribution is 5.67. The molecule has 0 amide bonds. The Morgan fingerprint density at radius 2 is 1.86 bits per heavy atom. The third-order valence-electron chi connectivity index (χ3n) is 11.8. The number of carbonyl (C=O) groups is 1. The fraction of sp³-hybridized carbons (Fsp3) is 0.963. The number of likely N-dealkylation sites (tertiary alicyclic amines) is 1. The zero-order chi connectivity index (χ0) is 25.8. The van der Waals surface area contributed by atoms with Gasteiger partial charge in [0.25, 0.3) is 0 Å². The molecule has 1 saturated heterocycles. The average molecular weight is 510 g/mol. The second-order valence-corrected chi connectivity index (χ2v) is 12.5. The molecule has 0 radical (unpaired) electrons. The maximum atomic E-state index is 13.2. The van der Waals surface area contributed by atoms with Crippen LogP contribution in [0.2, 0.25) is 0 Å². The van der Waals surface area contributed by atoms with Gasteiger partial charge in [-0.2, -0.15) is 0 Å². The van der Waals surface area contributed by atoms with Crippen molar-refractivity contribution < 1.29 is 38.7 Å². The Morgan fingerprint density at radius 3 is 2.44 bits per heavy atom. The van der Waals surface area contributed by atoms with Crippen molar-refractivity contribution in [3.63, 3.8) is 0 Å². The summed E-state index contributed by atoms with van der Waals surface area (Å²) in [6.45, 7) is 5.43. The van der Waals surface area contributed by atoms with E-state index < -0.39 is 34.7 Å². The smallest absolute Gasteiger partial charge is 0.303 e. The number of methoxy groups -OCH3 is 4. The van der Waals surface area contributed by atoms with E-state index in [1.54, 1.807) is 28.4 Å². The van der Waals surface area contributed by atoms with Gasteiger partial charge in [-0.05, 0) is 31.7 Å². The monoisotopic (exact) mass is 509 g/mol. The second-order valence-electron chi connectivity index (χ2n) is 12.5. The lowest BCUT2D eigenvalue weighted by atomic mass is 9.42. The number of hydrogen-bond acceptors (Lipinski definition) is 9. The lowest BCUT2D eigenvalue weighted by Crippen LogP contribution is -2.82. The van der Waals surface area contributed by atoms with Crippen LogP contribution in [0.3, 0.4) is 0 Å². The molecule has 0 aromatic rings. The SMILES string of the molecule is CCN1C[C@]2(COC)CCC(OC)[C@@]34[C@@H]5C[C@H]6[C@H](OC)[C@@H]5[C@](O)(C[C@@H]6OC)[C@](O)([C@@H](OC(C)=O)[C@H]23)[C@@H]14. The molecule has 6 fully saturated rings. The number of nitrogens with zero attached hydrogens (tertiary/aromatic N) is 1. The van der Waals surface area contributed by atoms with Crippen LogP contribution in [0, 0.1) is 34.5 Å². The molecule has 1 aliphatic heterocycles. The van der Waals surface area contributed by atoms with Gasteiger partial charge in [-0.3, -0.25) is 9.69 Å². The molecule has 1 spiro atoms. The van der Waals surface area contributed by atoms with Gasteiger partial charge in [0.2, 0.25) is 0 Å². The summed E-state index contributed by atoms with van der Waals surface area (Å²) in [6, 6.07) is -0.419. The third kappa shape index (κ3) is 2.55. The molecule has 2 N–H and O–H groups in total.